The van der Waals surface area contributed by atoms with E-state index in [-0.39, 0.29) is 11.9 Å². The van der Waals surface area contributed by atoms with Crippen LogP contribution in [0.5, 0.6) is 11.5 Å². The van der Waals surface area contributed by atoms with Gasteiger partial charge in [0.05, 0.1) is 35.3 Å². The van der Waals surface area contributed by atoms with Crippen LogP contribution in [0, 0.1) is 11.3 Å². The normalized spacial score (nSPS) is 12.5. The number of amides is 1. The quantitative estimate of drug-likeness (QED) is 0.467. The van der Waals surface area contributed by atoms with Gasteiger partial charge < -0.3 is 14.8 Å². The number of nitrogens with one attached hydrogen (secondary N) is 1. The summed E-state index contributed by atoms with van der Waals surface area (Å²) >= 11 is 0. The average molecular weight is 454 g/mol. The van der Waals surface area contributed by atoms with Gasteiger partial charge in [0.25, 0.3) is 5.91 Å². The number of anilines is 1. The lowest BCUT2D eigenvalue weighted by molar-refractivity contribution is 0.102. The third-order valence-corrected chi connectivity index (χ3v) is 5.63. The molecule has 2 aromatic heterocycles. The molecule has 1 aliphatic heterocycles. The van der Waals surface area contributed by atoms with Gasteiger partial charge in [0.2, 0.25) is 0 Å². The molecule has 1 aliphatic rings. The summed E-state index contributed by atoms with van der Waals surface area (Å²) in [5.41, 5.74) is 4.11. The smallest absolute Gasteiger partial charge is 0.256 e. The van der Waals surface area contributed by atoms with Crippen LogP contribution in [0.3, 0.4) is 0 Å². The van der Waals surface area contributed by atoms with Crippen LogP contribution in [0.1, 0.15) is 35.8 Å². The first-order valence-corrected chi connectivity index (χ1v) is 11.1. The Labute approximate surface area is 196 Å². The molecule has 1 N–H and O–H groups in total. The minimum Gasteiger partial charge on any atom is -0.486 e. The summed E-state index contributed by atoms with van der Waals surface area (Å²) in [4.78, 5) is 18.2. The fourth-order valence-electron chi connectivity index (χ4n) is 3.93. The summed E-state index contributed by atoms with van der Waals surface area (Å²) < 4.78 is 13.2. The number of carbonyl (C=O) groups excluding carboxylic acids is 1. The Morgan fingerprint density at radius 1 is 1.12 bits per heavy atom. The van der Waals surface area contributed by atoms with Crippen molar-refractivity contribution in [1.82, 2.24) is 14.8 Å². The lowest BCUT2D eigenvalue weighted by atomic mass is 10.1. The predicted molar refractivity (Wildman–Crippen MR) is 128 cm³/mol. The molecule has 4 aromatic rings. The lowest BCUT2D eigenvalue weighted by Crippen LogP contribution is -2.15. The van der Waals surface area contributed by atoms with E-state index in [1.54, 1.807) is 24.4 Å². The summed E-state index contributed by atoms with van der Waals surface area (Å²) in [6.45, 7) is 5.05. The standard InChI is InChI=1S/C26H23N5O3/c1-16(2)31-25-21(15-28-31)20(26(32)29-19-6-3-17(4-7-19)9-10-27)14-22(30-25)18-5-8-23-24(13-18)34-12-11-33-23/h3-8,13-16H,9,11-12H2,1-2H3,(H,29,32). The van der Waals surface area contributed by atoms with E-state index in [1.165, 1.54) is 0 Å². The SMILES string of the molecule is CC(C)n1ncc2c(C(=O)Nc3ccc(CC#N)cc3)cc(-c3ccc4c(c3)OCCO4)nc21. The van der Waals surface area contributed by atoms with E-state index < -0.39 is 0 Å². The zero-order valence-electron chi connectivity index (χ0n) is 18.9. The number of aromatic nitrogens is 3. The van der Waals surface area contributed by atoms with Crippen molar-refractivity contribution in [2.24, 2.45) is 0 Å². The molecule has 0 unspecified atom stereocenters. The molecule has 5 rings (SSSR count). The van der Waals surface area contributed by atoms with Gasteiger partial charge in [-0.25, -0.2) is 9.67 Å². The molecule has 8 nitrogen and oxygen atoms in total. The van der Waals surface area contributed by atoms with Crippen molar-refractivity contribution < 1.29 is 14.3 Å². The highest BCUT2D eigenvalue weighted by Gasteiger charge is 2.20. The molecule has 170 valence electrons. The van der Waals surface area contributed by atoms with Crippen LogP contribution in [0.4, 0.5) is 5.69 Å². The van der Waals surface area contributed by atoms with Crippen molar-refractivity contribution >= 4 is 22.6 Å². The van der Waals surface area contributed by atoms with Crippen molar-refractivity contribution in [1.29, 1.82) is 5.26 Å². The van der Waals surface area contributed by atoms with Gasteiger partial charge in [0.15, 0.2) is 17.1 Å². The number of rotatable bonds is 5. The molecule has 0 bridgehead atoms. The van der Waals surface area contributed by atoms with Crippen LogP contribution in [0.25, 0.3) is 22.3 Å². The summed E-state index contributed by atoms with van der Waals surface area (Å²) in [6, 6.07) is 16.9. The van der Waals surface area contributed by atoms with Gasteiger partial charge in [-0.05, 0) is 55.8 Å². The molecule has 2 aromatic carbocycles. The van der Waals surface area contributed by atoms with Gasteiger partial charge in [-0.2, -0.15) is 10.4 Å². The first-order chi connectivity index (χ1) is 16.5. The van der Waals surface area contributed by atoms with E-state index in [9.17, 15) is 4.79 Å². The van der Waals surface area contributed by atoms with E-state index in [2.05, 4.69) is 16.5 Å². The van der Waals surface area contributed by atoms with Crippen LogP contribution in [0.15, 0.2) is 54.7 Å². The Kier molecular flexibility index (Phi) is 5.60. The molecule has 0 saturated carbocycles. The fraction of sp³-hybridized carbons (Fsp3) is 0.231. The number of fused-ring (bicyclic) bond motifs is 2. The third-order valence-electron chi connectivity index (χ3n) is 5.63. The van der Waals surface area contributed by atoms with E-state index in [4.69, 9.17) is 19.7 Å². The predicted octanol–water partition coefficient (Wildman–Crippen LogP) is 4.77. The molecule has 3 heterocycles. The minimum atomic E-state index is -0.262. The van der Waals surface area contributed by atoms with Crippen LogP contribution in [0.2, 0.25) is 0 Å². The van der Waals surface area contributed by atoms with Crippen LogP contribution < -0.4 is 14.8 Å². The van der Waals surface area contributed by atoms with Crippen molar-refractivity contribution in [2.45, 2.75) is 26.3 Å². The monoisotopic (exact) mass is 453 g/mol. The molecule has 0 fully saturated rings. The number of hydrogen-bond donors (Lipinski definition) is 1. The van der Waals surface area contributed by atoms with Crippen LogP contribution in [-0.4, -0.2) is 33.9 Å². The number of nitriles is 1. The van der Waals surface area contributed by atoms with Gasteiger partial charge >= 0.3 is 0 Å². The number of benzene rings is 2. The average Bonchev–Trinajstić information content (AvgIpc) is 3.29. The van der Waals surface area contributed by atoms with E-state index >= 15 is 0 Å². The molecular weight excluding hydrogens is 430 g/mol. The second kappa shape index (κ2) is 8.87. The summed E-state index contributed by atoms with van der Waals surface area (Å²) in [5, 5.41) is 17.0. The molecule has 0 atom stereocenters. The van der Waals surface area contributed by atoms with Gasteiger partial charge in [-0.3, -0.25) is 4.79 Å². The van der Waals surface area contributed by atoms with Gasteiger partial charge in [-0.1, -0.05) is 12.1 Å². The Balaban J connectivity index is 1.56. The van der Waals surface area contributed by atoms with Gasteiger partial charge in [0, 0.05) is 17.3 Å². The van der Waals surface area contributed by atoms with Gasteiger partial charge in [-0.15, -0.1) is 0 Å². The van der Waals surface area contributed by atoms with E-state index in [0.717, 1.165) is 11.1 Å². The summed E-state index contributed by atoms with van der Waals surface area (Å²) in [5.74, 6) is 1.09. The van der Waals surface area contributed by atoms with Crippen LogP contribution in [-0.2, 0) is 6.42 Å². The van der Waals surface area contributed by atoms with Crippen molar-refractivity contribution in [3.63, 3.8) is 0 Å². The molecule has 1 amide bonds. The molecule has 0 radical (unpaired) electrons. The van der Waals surface area contributed by atoms with Crippen molar-refractivity contribution in [3.8, 4) is 28.8 Å². The number of nitrogens with zero attached hydrogens (tertiary/aromatic N) is 4. The largest absolute Gasteiger partial charge is 0.486 e. The molecule has 0 spiro atoms. The summed E-state index contributed by atoms with van der Waals surface area (Å²) in [6.07, 6.45) is 2.01. The highest BCUT2D eigenvalue weighted by molar-refractivity contribution is 6.12. The Hall–Kier alpha value is -4.38. The first kappa shape index (κ1) is 21.5. The summed E-state index contributed by atoms with van der Waals surface area (Å²) in [7, 11) is 0. The molecule has 34 heavy (non-hydrogen) atoms. The van der Waals surface area contributed by atoms with Crippen molar-refractivity contribution in [2.75, 3.05) is 18.5 Å². The fourth-order valence-corrected chi connectivity index (χ4v) is 3.93. The van der Waals surface area contributed by atoms with Crippen molar-refractivity contribution in [3.05, 3.63) is 65.9 Å². The van der Waals surface area contributed by atoms with Crippen LogP contribution >= 0.6 is 0 Å². The lowest BCUT2D eigenvalue weighted by Gasteiger charge is -2.19. The molecular formula is C26H23N5O3. The maximum atomic E-state index is 13.4. The topological polar surface area (TPSA) is 102 Å². The zero-order valence-corrected chi connectivity index (χ0v) is 18.9. The Morgan fingerprint density at radius 2 is 1.88 bits per heavy atom. The number of pyridine rings is 1. The second-order valence-electron chi connectivity index (χ2n) is 8.32. The first-order valence-electron chi connectivity index (χ1n) is 11.1. The molecule has 0 saturated heterocycles. The highest BCUT2D eigenvalue weighted by atomic mass is 16.6. The van der Waals surface area contributed by atoms with E-state index in [1.807, 2.05) is 48.9 Å². The second-order valence-corrected chi connectivity index (χ2v) is 8.32. The third kappa shape index (κ3) is 4.04. The number of hydrogen-bond acceptors (Lipinski definition) is 6. The minimum absolute atomic E-state index is 0.0732. The highest BCUT2D eigenvalue weighted by Crippen LogP contribution is 2.35. The maximum absolute atomic E-state index is 13.4. The van der Waals surface area contributed by atoms with E-state index in [0.29, 0.717) is 59.1 Å². The maximum Gasteiger partial charge on any atom is 0.256 e. The molecule has 8 heteroatoms. The zero-order chi connectivity index (χ0) is 23.7. The van der Waals surface area contributed by atoms with Gasteiger partial charge in [0.1, 0.15) is 13.2 Å². The number of carbonyl (C=O) groups is 1. The molecule has 0 aliphatic carbocycles. The Morgan fingerprint density at radius 3 is 2.62 bits per heavy atom. The Bertz CT molecular complexity index is 1420. The number of ether oxygens (including phenoxy) is 2.